The molecule has 2 nitrogen and oxygen atoms in total. The Bertz CT molecular complexity index is 91.3. The molecule has 1 aliphatic rings. The van der Waals surface area contributed by atoms with Crippen LogP contribution in [0.15, 0.2) is 0 Å². The van der Waals surface area contributed by atoms with Crippen LogP contribution in [0.5, 0.6) is 0 Å². The molecule has 2 heteroatoms. The lowest BCUT2D eigenvalue weighted by Crippen LogP contribution is -2.03. The highest BCUT2D eigenvalue weighted by Crippen LogP contribution is 2.28. The fourth-order valence-corrected chi connectivity index (χ4v) is 1.38. The Balaban J connectivity index is 0.000000371. The molecule has 1 N–H and O–H groups in total. The molecule has 0 radical (unpaired) electrons. The molecule has 0 bridgehead atoms. The van der Waals surface area contributed by atoms with E-state index >= 15 is 0 Å². The number of aliphatic hydroxyl groups is 1. The van der Waals surface area contributed by atoms with Crippen LogP contribution in [0.2, 0.25) is 0 Å². The normalized spacial score (nSPS) is 30.7. The van der Waals surface area contributed by atoms with Crippen LogP contribution in [0.4, 0.5) is 0 Å². The molecule has 1 unspecified atom stereocenters. The van der Waals surface area contributed by atoms with Crippen molar-refractivity contribution in [2.45, 2.75) is 26.2 Å². The fourth-order valence-electron chi connectivity index (χ4n) is 1.38. The second kappa shape index (κ2) is 5.42. The zero-order valence-corrected chi connectivity index (χ0v) is 6.71. The van der Waals surface area contributed by atoms with Gasteiger partial charge in [0.1, 0.15) is 6.29 Å². The molecule has 10 heavy (non-hydrogen) atoms. The van der Waals surface area contributed by atoms with Gasteiger partial charge in [0.05, 0.1) is 0 Å². The lowest BCUT2D eigenvalue weighted by molar-refractivity contribution is -0.111. The Labute approximate surface area is 62.2 Å². The van der Waals surface area contributed by atoms with E-state index in [1.54, 1.807) is 0 Å². The lowest BCUT2D eigenvalue weighted by atomic mass is 10.0. The number of rotatable bonds is 1. The number of hydrogen-bond donors (Lipinski definition) is 1. The largest absolute Gasteiger partial charge is 0.400 e. The molecule has 1 rings (SSSR count). The standard InChI is InChI=1S/C7H12O.CH4O/c1-6-3-2-4-7(6)5-8;1-2/h5-7H,2-4H2,1H3;2H,1H3/t6-,7?;/m0./s1. The Kier molecular flexibility index (Phi) is 5.22. The molecule has 0 saturated heterocycles. The summed E-state index contributed by atoms with van der Waals surface area (Å²) in [7, 11) is 1.00. The Morgan fingerprint density at radius 3 is 2.20 bits per heavy atom. The summed E-state index contributed by atoms with van der Waals surface area (Å²) >= 11 is 0. The van der Waals surface area contributed by atoms with Crippen LogP contribution in [0, 0.1) is 11.8 Å². The predicted molar refractivity (Wildman–Crippen MR) is 40.7 cm³/mol. The molecular formula is C8H16O2. The number of carbonyl (C=O) groups is 1. The van der Waals surface area contributed by atoms with Gasteiger partial charge in [0.25, 0.3) is 0 Å². The van der Waals surface area contributed by atoms with Crippen LogP contribution in [-0.4, -0.2) is 18.5 Å². The lowest BCUT2D eigenvalue weighted by Gasteiger charge is -2.03. The summed E-state index contributed by atoms with van der Waals surface area (Å²) in [5, 5.41) is 7.00. The van der Waals surface area contributed by atoms with E-state index in [1.807, 2.05) is 0 Å². The topological polar surface area (TPSA) is 37.3 Å². The van der Waals surface area contributed by atoms with Crippen molar-refractivity contribution in [1.82, 2.24) is 0 Å². The van der Waals surface area contributed by atoms with Gasteiger partial charge in [0, 0.05) is 13.0 Å². The van der Waals surface area contributed by atoms with E-state index in [9.17, 15) is 4.79 Å². The van der Waals surface area contributed by atoms with Crippen LogP contribution in [0.1, 0.15) is 26.2 Å². The zero-order chi connectivity index (χ0) is 7.98. The third-order valence-corrected chi connectivity index (χ3v) is 2.10. The molecule has 1 fully saturated rings. The minimum Gasteiger partial charge on any atom is -0.400 e. The molecule has 1 aliphatic carbocycles. The molecule has 0 aromatic rings. The maximum Gasteiger partial charge on any atom is 0.123 e. The predicted octanol–water partition coefficient (Wildman–Crippen LogP) is 1.23. The summed E-state index contributed by atoms with van der Waals surface area (Å²) in [4.78, 5) is 10.2. The second-order valence-corrected chi connectivity index (χ2v) is 2.71. The van der Waals surface area contributed by atoms with Crippen molar-refractivity contribution in [3.8, 4) is 0 Å². The summed E-state index contributed by atoms with van der Waals surface area (Å²) in [6.45, 7) is 2.16. The van der Waals surface area contributed by atoms with Gasteiger partial charge in [-0.1, -0.05) is 19.8 Å². The monoisotopic (exact) mass is 144 g/mol. The van der Waals surface area contributed by atoms with E-state index in [0.717, 1.165) is 19.8 Å². The summed E-state index contributed by atoms with van der Waals surface area (Å²) in [5.41, 5.74) is 0. The van der Waals surface area contributed by atoms with Crippen LogP contribution >= 0.6 is 0 Å². The van der Waals surface area contributed by atoms with Crippen molar-refractivity contribution in [2.24, 2.45) is 11.8 Å². The van der Waals surface area contributed by atoms with Crippen molar-refractivity contribution in [1.29, 1.82) is 0 Å². The minimum absolute atomic E-state index is 0.384. The van der Waals surface area contributed by atoms with Gasteiger partial charge in [-0.25, -0.2) is 0 Å². The average molecular weight is 144 g/mol. The Hall–Kier alpha value is -0.370. The quantitative estimate of drug-likeness (QED) is 0.562. The molecule has 60 valence electrons. The van der Waals surface area contributed by atoms with Gasteiger partial charge in [-0.2, -0.15) is 0 Å². The van der Waals surface area contributed by atoms with Crippen LogP contribution in [0.3, 0.4) is 0 Å². The smallest absolute Gasteiger partial charge is 0.123 e. The molecule has 0 aliphatic heterocycles. The molecule has 0 aromatic carbocycles. The maximum absolute atomic E-state index is 10.2. The van der Waals surface area contributed by atoms with Gasteiger partial charge >= 0.3 is 0 Å². The van der Waals surface area contributed by atoms with Gasteiger partial charge < -0.3 is 9.90 Å². The summed E-state index contributed by atoms with van der Waals surface area (Å²) in [6, 6.07) is 0. The highest BCUT2D eigenvalue weighted by Gasteiger charge is 2.21. The van der Waals surface area contributed by atoms with Crippen LogP contribution < -0.4 is 0 Å². The third-order valence-electron chi connectivity index (χ3n) is 2.10. The summed E-state index contributed by atoms with van der Waals surface area (Å²) < 4.78 is 0. The molecule has 0 amide bonds. The summed E-state index contributed by atoms with van der Waals surface area (Å²) in [5.74, 6) is 1.04. The fraction of sp³-hybridized carbons (Fsp3) is 0.875. The second-order valence-electron chi connectivity index (χ2n) is 2.71. The van der Waals surface area contributed by atoms with Gasteiger partial charge in [-0.05, 0) is 12.3 Å². The van der Waals surface area contributed by atoms with Gasteiger partial charge in [-0.15, -0.1) is 0 Å². The molecule has 0 aromatic heterocycles. The highest BCUT2D eigenvalue weighted by molar-refractivity contribution is 5.54. The summed E-state index contributed by atoms with van der Waals surface area (Å²) in [6.07, 6.45) is 4.75. The number of hydrogen-bond acceptors (Lipinski definition) is 2. The molecule has 0 spiro atoms. The number of aliphatic hydroxyl groups excluding tert-OH is 1. The van der Waals surface area contributed by atoms with Crippen LogP contribution in [-0.2, 0) is 4.79 Å². The maximum atomic E-state index is 10.2. The average Bonchev–Trinajstić information content (AvgIpc) is 2.39. The zero-order valence-electron chi connectivity index (χ0n) is 6.71. The first-order chi connectivity index (χ1) is 4.84. The van der Waals surface area contributed by atoms with Crippen molar-refractivity contribution >= 4 is 6.29 Å². The highest BCUT2D eigenvalue weighted by atomic mass is 16.2. The first-order valence-electron chi connectivity index (χ1n) is 3.74. The molecular weight excluding hydrogens is 128 g/mol. The molecule has 1 saturated carbocycles. The van der Waals surface area contributed by atoms with Crippen molar-refractivity contribution in [3.63, 3.8) is 0 Å². The van der Waals surface area contributed by atoms with E-state index in [2.05, 4.69) is 6.92 Å². The first kappa shape index (κ1) is 9.63. The minimum atomic E-state index is 0.384. The molecule has 0 heterocycles. The molecule has 2 atom stereocenters. The van der Waals surface area contributed by atoms with E-state index < -0.39 is 0 Å². The Morgan fingerprint density at radius 2 is 2.00 bits per heavy atom. The van der Waals surface area contributed by atoms with E-state index in [1.165, 1.54) is 12.8 Å². The number of aldehydes is 1. The van der Waals surface area contributed by atoms with E-state index in [4.69, 9.17) is 5.11 Å². The van der Waals surface area contributed by atoms with Crippen LogP contribution in [0.25, 0.3) is 0 Å². The van der Waals surface area contributed by atoms with Crippen molar-refractivity contribution in [3.05, 3.63) is 0 Å². The van der Waals surface area contributed by atoms with Gasteiger partial charge in [-0.3, -0.25) is 0 Å². The van der Waals surface area contributed by atoms with Gasteiger partial charge in [0.15, 0.2) is 0 Å². The first-order valence-corrected chi connectivity index (χ1v) is 3.74. The Morgan fingerprint density at radius 1 is 1.40 bits per heavy atom. The third kappa shape index (κ3) is 2.48. The van der Waals surface area contributed by atoms with Crippen molar-refractivity contribution in [2.75, 3.05) is 7.11 Å². The van der Waals surface area contributed by atoms with E-state index in [0.29, 0.717) is 11.8 Å². The number of carbonyl (C=O) groups excluding carboxylic acids is 1. The van der Waals surface area contributed by atoms with Crippen molar-refractivity contribution < 1.29 is 9.90 Å². The SMILES string of the molecule is CO.C[C@H]1CCCC1C=O. The van der Waals surface area contributed by atoms with E-state index in [-0.39, 0.29) is 0 Å². The van der Waals surface area contributed by atoms with Gasteiger partial charge in [0.2, 0.25) is 0 Å².